The van der Waals surface area contributed by atoms with Crippen LogP contribution in [-0.4, -0.2) is 16.7 Å². The van der Waals surface area contributed by atoms with Crippen molar-refractivity contribution in [2.24, 2.45) is 5.92 Å². The maximum Gasteiger partial charge on any atom is 0.243 e. The molecule has 78 valence electrons. The summed E-state index contributed by atoms with van der Waals surface area (Å²) in [4.78, 5) is 4.39. The molecular weight excluding hydrogens is 178 g/mol. The average Bonchev–Trinajstić information content (AvgIpc) is 2.69. The third-order valence-corrected chi connectivity index (χ3v) is 2.43. The zero-order valence-corrected chi connectivity index (χ0v) is 8.79. The van der Waals surface area contributed by atoms with Crippen LogP contribution in [0.3, 0.4) is 0 Å². The lowest BCUT2D eigenvalue weighted by atomic mass is 10.1. The molecule has 14 heavy (non-hydrogen) atoms. The highest BCUT2D eigenvalue weighted by molar-refractivity contribution is 4.95. The number of hydrogen-bond donors (Lipinski definition) is 1. The van der Waals surface area contributed by atoms with E-state index in [9.17, 15) is 0 Å². The van der Waals surface area contributed by atoms with Crippen molar-refractivity contribution in [3.63, 3.8) is 0 Å². The number of hydrogen-bond acceptors (Lipinski definition) is 4. The summed E-state index contributed by atoms with van der Waals surface area (Å²) in [5, 5.41) is 7.32. The molecule has 2 heterocycles. The second-order valence-electron chi connectivity index (χ2n) is 4.30. The van der Waals surface area contributed by atoms with E-state index in [1.807, 2.05) is 0 Å². The Morgan fingerprint density at radius 2 is 2.43 bits per heavy atom. The van der Waals surface area contributed by atoms with Crippen LogP contribution in [0.4, 0.5) is 0 Å². The minimum Gasteiger partial charge on any atom is -0.338 e. The van der Waals surface area contributed by atoms with Crippen molar-refractivity contribution in [1.29, 1.82) is 0 Å². The van der Waals surface area contributed by atoms with E-state index in [1.54, 1.807) is 0 Å². The summed E-state index contributed by atoms with van der Waals surface area (Å²) in [7, 11) is 0. The summed E-state index contributed by atoms with van der Waals surface area (Å²) in [6, 6.07) is 0.295. The number of rotatable bonds is 3. The molecule has 0 saturated carbocycles. The Hall–Kier alpha value is -0.900. The van der Waals surface area contributed by atoms with E-state index in [1.165, 1.54) is 6.42 Å². The minimum atomic E-state index is 0.295. The van der Waals surface area contributed by atoms with Gasteiger partial charge in [-0.2, -0.15) is 4.98 Å². The summed E-state index contributed by atoms with van der Waals surface area (Å²) in [5.74, 6) is 2.18. The maximum absolute atomic E-state index is 5.23. The van der Waals surface area contributed by atoms with Crippen molar-refractivity contribution >= 4 is 0 Å². The molecule has 2 rings (SSSR count). The van der Waals surface area contributed by atoms with Crippen molar-refractivity contribution in [2.45, 2.75) is 39.2 Å². The molecule has 4 heteroatoms. The first-order chi connectivity index (χ1) is 6.75. The predicted octanol–water partition coefficient (Wildman–Crippen LogP) is 1.69. The highest BCUT2D eigenvalue weighted by Crippen LogP contribution is 2.21. The molecule has 4 nitrogen and oxygen atoms in total. The highest BCUT2D eigenvalue weighted by Gasteiger charge is 2.22. The molecular formula is C10H17N3O. The molecule has 0 bridgehead atoms. The Labute approximate surface area is 84.1 Å². The van der Waals surface area contributed by atoms with Crippen molar-refractivity contribution in [3.05, 3.63) is 11.7 Å². The van der Waals surface area contributed by atoms with E-state index < -0.39 is 0 Å². The molecule has 1 N–H and O–H groups in total. The molecule has 0 spiro atoms. The van der Waals surface area contributed by atoms with Gasteiger partial charge in [-0.05, 0) is 25.3 Å². The van der Waals surface area contributed by atoms with Crippen LogP contribution in [0.5, 0.6) is 0 Å². The SMILES string of the molecule is CC(C)Cc1noc([C@@H]2CCCN2)n1. The van der Waals surface area contributed by atoms with E-state index >= 15 is 0 Å². The van der Waals surface area contributed by atoms with Gasteiger partial charge in [-0.1, -0.05) is 19.0 Å². The van der Waals surface area contributed by atoms with Gasteiger partial charge in [-0.15, -0.1) is 0 Å². The maximum atomic E-state index is 5.23. The van der Waals surface area contributed by atoms with Crippen LogP contribution in [0.15, 0.2) is 4.52 Å². The first-order valence-electron chi connectivity index (χ1n) is 5.31. The van der Waals surface area contributed by atoms with Gasteiger partial charge in [0.15, 0.2) is 5.82 Å². The smallest absolute Gasteiger partial charge is 0.243 e. The van der Waals surface area contributed by atoms with Gasteiger partial charge in [0.05, 0.1) is 6.04 Å². The standard InChI is InChI=1S/C10H17N3O/c1-7(2)6-9-12-10(14-13-9)8-4-3-5-11-8/h7-8,11H,3-6H2,1-2H3/t8-/m0/s1. The molecule has 0 amide bonds. The Kier molecular flexibility index (Phi) is 2.82. The summed E-state index contributed by atoms with van der Waals surface area (Å²) >= 11 is 0. The molecule has 1 aliphatic rings. The zero-order valence-electron chi connectivity index (χ0n) is 8.79. The lowest BCUT2D eigenvalue weighted by Crippen LogP contribution is -2.13. The molecule has 1 aromatic heterocycles. The fourth-order valence-corrected chi connectivity index (χ4v) is 1.75. The molecule has 0 aromatic carbocycles. The largest absolute Gasteiger partial charge is 0.338 e. The third kappa shape index (κ3) is 2.12. The van der Waals surface area contributed by atoms with Crippen LogP contribution < -0.4 is 5.32 Å². The number of nitrogens with zero attached hydrogens (tertiary/aromatic N) is 2. The van der Waals surface area contributed by atoms with Gasteiger partial charge in [0.2, 0.25) is 5.89 Å². The molecule has 0 aliphatic carbocycles. The lowest BCUT2D eigenvalue weighted by Gasteiger charge is -2.01. The monoisotopic (exact) mass is 195 g/mol. The Morgan fingerprint density at radius 3 is 3.07 bits per heavy atom. The Morgan fingerprint density at radius 1 is 1.57 bits per heavy atom. The normalized spacial score (nSPS) is 22.1. The van der Waals surface area contributed by atoms with Gasteiger partial charge < -0.3 is 9.84 Å². The molecule has 1 atom stereocenters. The highest BCUT2D eigenvalue weighted by atomic mass is 16.5. The Bertz CT molecular complexity index is 289. The van der Waals surface area contributed by atoms with Gasteiger partial charge in [0.25, 0.3) is 0 Å². The van der Waals surface area contributed by atoms with Crippen molar-refractivity contribution < 1.29 is 4.52 Å². The van der Waals surface area contributed by atoms with Crippen LogP contribution in [-0.2, 0) is 6.42 Å². The van der Waals surface area contributed by atoms with Gasteiger partial charge in [0.1, 0.15) is 0 Å². The van der Waals surface area contributed by atoms with E-state index in [2.05, 4.69) is 29.3 Å². The fraction of sp³-hybridized carbons (Fsp3) is 0.800. The topological polar surface area (TPSA) is 51.0 Å². The molecule has 0 unspecified atom stereocenters. The second kappa shape index (κ2) is 4.09. The lowest BCUT2D eigenvalue weighted by molar-refractivity contribution is 0.340. The first kappa shape index (κ1) is 9.65. The number of aromatic nitrogens is 2. The molecule has 1 aromatic rings. The predicted molar refractivity (Wildman–Crippen MR) is 52.8 cm³/mol. The molecule has 1 aliphatic heterocycles. The number of nitrogens with one attached hydrogen (secondary N) is 1. The fourth-order valence-electron chi connectivity index (χ4n) is 1.75. The van der Waals surface area contributed by atoms with Gasteiger partial charge >= 0.3 is 0 Å². The van der Waals surface area contributed by atoms with Crippen LogP contribution in [0.1, 0.15) is 44.4 Å². The van der Waals surface area contributed by atoms with Crippen LogP contribution in [0.2, 0.25) is 0 Å². The quantitative estimate of drug-likeness (QED) is 0.797. The summed E-state index contributed by atoms with van der Waals surface area (Å²) < 4.78 is 5.23. The van der Waals surface area contributed by atoms with Crippen LogP contribution in [0, 0.1) is 5.92 Å². The summed E-state index contributed by atoms with van der Waals surface area (Å²) in [5.41, 5.74) is 0. The summed E-state index contributed by atoms with van der Waals surface area (Å²) in [6.07, 6.45) is 3.21. The minimum absolute atomic E-state index is 0.295. The third-order valence-electron chi connectivity index (χ3n) is 2.43. The van der Waals surface area contributed by atoms with Crippen LogP contribution >= 0.6 is 0 Å². The van der Waals surface area contributed by atoms with E-state index in [4.69, 9.17) is 4.52 Å². The molecule has 1 fully saturated rings. The van der Waals surface area contributed by atoms with Gasteiger partial charge in [-0.3, -0.25) is 0 Å². The van der Waals surface area contributed by atoms with Crippen molar-refractivity contribution in [2.75, 3.05) is 6.54 Å². The first-order valence-corrected chi connectivity index (χ1v) is 5.31. The van der Waals surface area contributed by atoms with Crippen molar-refractivity contribution in [1.82, 2.24) is 15.5 Å². The van der Waals surface area contributed by atoms with Crippen molar-refractivity contribution in [3.8, 4) is 0 Å². The van der Waals surface area contributed by atoms with Gasteiger partial charge in [0, 0.05) is 6.42 Å². The molecule has 0 radical (unpaired) electrons. The Balaban J connectivity index is 2.01. The van der Waals surface area contributed by atoms with E-state index in [0.717, 1.165) is 31.1 Å². The summed E-state index contributed by atoms with van der Waals surface area (Å²) in [6.45, 7) is 5.38. The molecule has 1 saturated heterocycles. The average molecular weight is 195 g/mol. The zero-order chi connectivity index (χ0) is 9.97. The second-order valence-corrected chi connectivity index (χ2v) is 4.30. The van der Waals surface area contributed by atoms with E-state index in [0.29, 0.717) is 12.0 Å². The van der Waals surface area contributed by atoms with Gasteiger partial charge in [-0.25, -0.2) is 0 Å². The van der Waals surface area contributed by atoms with E-state index in [-0.39, 0.29) is 0 Å². The van der Waals surface area contributed by atoms with Crippen LogP contribution in [0.25, 0.3) is 0 Å².